The first-order chi connectivity index (χ1) is 9.08. The lowest BCUT2D eigenvalue weighted by Gasteiger charge is -2.22. The molecule has 0 heterocycles. The summed E-state index contributed by atoms with van der Waals surface area (Å²) in [6.07, 6.45) is -2.50. The van der Waals surface area contributed by atoms with Crippen molar-refractivity contribution >= 4 is 5.91 Å². The van der Waals surface area contributed by atoms with Crippen LogP contribution in [0.3, 0.4) is 0 Å². The van der Waals surface area contributed by atoms with Gasteiger partial charge in [0.15, 0.2) is 0 Å². The third-order valence-corrected chi connectivity index (χ3v) is 2.60. The van der Waals surface area contributed by atoms with Crippen molar-refractivity contribution in [3.63, 3.8) is 0 Å². The van der Waals surface area contributed by atoms with Gasteiger partial charge in [0, 0.05) is 18.7 Å². The van der Waals surface area contributed by atoms with Crippen LogP contribution in [0, 0.1) is 0 Å². The molecule has 0 aromatic heterocycles. The largest absolute Gasteiger partial charge is 0.395 e. The quantitative estimate of drug-likeness (QED) is 0.380. The number of hydrogen-bond donors (Lipinski definition) is 3. The molecule has 5 nitrogen and oxygen atoms in total. The number of aliphatic hydroxyl groups is 1. The Kier molecular flexibility index (Phi) is 6.34. The Morgan fingerprint density at radius 2 is 2.11 bits per heavy atom. The summed E-state index contributed by atoms with van der Waals surface area (Å²) < 4.78 is 24.8. The highest BCUT2D eigenvalue weighted by molar-refractivity contribution is 5.95. The van der Waals surface area contributed by atoms with Gasteiger partial charge in [-0.05, 0) is 11.6 Å². The highest BCUT2D eigenvalue weighted by atomic mass is 19.3. The maximum absolute atomic E-state index is 12.4. The molecule has 1 aromatic rings. The molecule has 106 valence electrons. The minimum absolute atomic E-state index is 0.114. The lowest BCUT2D eigenvalue weighted by Crippen LogP contribution is -2.34. The van der Waals surface area contributed by atoms with E-state index in [0.29, 0.717) is 11.1 Å². The smallest absolute Gasteiger partial charge is 0.265 e. The Hall–Kier alpha value is -1.57. The van der Waals surface area contributed by atoms with Crippen LogP contribution in [0.4, 0.5) is 8.78 Å². The van der Waals surface area contributed by atoms with Crippen LogP contribution in [0.1, 0.15) is 15.9 Å². The number of nitrogens with zero attached hydrogens (tertiary/aromatic N) is 1. The van der Waals surface area contributed by atoms with Gasteiger partial charge >= 0.3 is 0 Å². The predicted molar refractivity (Wildman–Crippen MR) is 66.5 cm³/mol. The number of carbonyl (C=O) groups is 1. The molecule has 4 N–H and O–H groups in total. The van der Waals surface area contributed by atoms with Gasteiger partial charge in [0.25, 0.3) is 12.3 Å². The molecular weight excluding hydrogens is 256 g/mol. The third-order valence-electron chi connectivity index (χ3n) is 2.60. The Morgan fingerprint density at radius 3 is 2.68 bits per heavy atom. The molecule has 19 heavy (non-hydrogen) atoms. The maximum atomic E-state index is 12.4. The van der Waals surface area contributed by atoms with E-state index < -0.39 is 18.9 Å². The molecule has 0 atom stereocenters. The number of halogens is 2. The zero-order chi connectivity index (χ0) is 14.3. The van der Waals surface area contributed by atoms with E-state index in [4.69, 9.17) is 10.9 Å². The summed E-state index contributed by atoms with van der Waals surface area (Å²) in [5, 5.41) is 8.87. The topological polar surface area (TPSA) is 78.6 Å². The van der Waals surface area contributed by atoms with Crippen LogP contribution < -0.4 is 11.3 Å². The average molecular weight is 273 g/mol. The molecule has 0 saturated carbocycles. The first-order valence-corrected chi connectivity index (χ1v) is 5.78. The lowest BCUT2D eigenvalue weighted by molar-refractivity contribution is 0.0744. The van der Waals surface area contributed by atoms with Crippen LogP contribution in [-0.2, 0) is 6.54 Å². The summed E-state index contributed by atoms with van der Waals surface area (Å²) in [7, 11) is 0. The van der Waals surface area contributed by atoms with Crippen molar-refractivity contribution < 1.29 is 18.7 Å². The van der Waals surface area contributed by atoms with Crippen molar-refractivity contribution in [1.29, 1.82) is 0 Å². The monoisotopic (exact) mass is 273 g/mol. The molecule has 0 spiro atoms. The Bertz CT molecular complexity index is 416. The van der Waals surface area contributed by atoms with E-state index in [-0.39, 0.29) is 19.7 Å². The number of hydrogen-bond acceptors (Lipinski definition) is 4. The number of alkyl halides is 2. The van der Waals surface area contributed by atoms with Gasteiger partial charge in [0.1, 0.15) is 0 Å². The van der Waals surface area contributed by atoms with Crippen LogP contribution in [0.25, 0.3) is 0 Å². The van der Waals surface area contributed by atoms with Gasteiger partial charge in [-0.1, -0.05) is 18.2 Å². The van der Waals surface area contributed by atoms with Crippen molar-refractivity contribution in [3.05, 3.63) is 35.4 Å². The SMILES string of the molecule is NNC(=O)c1ccccc1CN(CCO)CC(F)F. The molecule has 0 fully saturated rings. The molecule has 0 aliphatic carbocycles. The van der Waals surface area contributed by atoms with Gasteiger partial charge < -0.3 is 5.11 Å². The second-order valence-corrected chi connectivity index (χ2v) is 3.98. The standard InChI is InChI=1S/C12H17F2N3O2/c13-11(14)8-17(5-6-18)7-9-3-1-2-4-10(9)12(19)16-15/h1-4,11,18H,5-8,15H2,(H,16,19). The summed E-state index contributed by atoms with van der Waals surface area (Å²) >= 11 is 0. The number of carbonyl (C=O) groups excluding carboxylic acids is 1. The molecule has 1 aromatic carbocycles. The van der Waals surface area contributed by atoms with E-state index in [0.717, 1.165) is 0 Å². The Balaban J connectivity index is 2.86. The van der Waals surface area contributed by atoms with Gasteiger partial charge in [-0.25, -0.2) is 14.6 Å². The van der Waals surface area contributed by atoms with E-state index in [1.165, 1.54) is 4.90 Å². The minimum Gasteiger partial charge on any atom is -0.395 e. The van der Waals surface area contributed by atoms with E-state index in [9.17, 15) is 13.6 Å². The highest BCUT2D eigenvalue weighted by Crippen LogP contribution is 2.12. The van der Waals surface area contributed by atoms with Crippen LogP contribution in [0.5, 0.6) is 0 Å². The van der Waals surface area contributed by atoms with Crippen LogP contribution in [0.2, 0.25) is 0 Å². The molecule has 7 heteroatoms. The van der Waals surface area contributed by atoms with Gasteiger partial charge in [-0.15, -0.1) is 0 Å². The number of aliphatic hydroxyl groups excluding tert-OH is 1. The molecule has 0 bridgehead atoms. The van der Waals surface area contributed by atoms with Crippen LogP contribution in [-0.4, -0.2) is 42.0 Å². The average Bonchev–Trinajstić information content (AvgIpc) is 2.38. The van der Waals surface area contributed by atoms with Gasteiger partial charge in [-0.2, -0.15) is 0 Å². The molecule has 0 aliphatic heterocycles. The number of benzene rings is 1. The molecule has 0 unspecified atom stereocenters. The zero-order valence-corrected chi connectivity index (χ0v) is 10.4. The van der Waals surface area contributed by atoms with Crippen molar-refractivity contribution in [3.8, 4) is 0 Å². The Labute approximate surface area is 110 Å². The summed E-state index contributed by atoms with van der Waals surface area (Å²) in [6, 6.07) is 6.61. The van der Waals surface area contributed by atoms with E-state index in [2.05, 4.69) is 0 Å². The number of hydrazine groups is 1. The summed E-state index contributed by atoms with van der Waals surface area (Å²) in [5.74, 6) is 4.59. The first-order valence-electron chi connectivity index (χ1n) is 5.78. The van der Waals surface area contributed by atoms with E-state index >= 15 is 0 Å². The van der Waals surface area contributed by atoms with E-state index in [1.54, 1.807) is 24.3 Å². The first kappa shape index (κ1) is 15.5. The number of nitrogen functional groups attached to an aromatic ring is 1. The van der Waals surface area contributed by atoms with E-state index in [1.807, 2.05) is 5.43 Å². The summed E-state index contributed by atoms with van der Waals surface area (Å²) in [5.41, 5.74) is 2.93. The fourth-order valence-electron chi connectivity index (χ4n) is 1.77. The second kappa shape index (κ2) is 7.78. The molecule has 1 amide bonds. The third kappa shape index (κ3) is 4.90. The number of nitrogens with one attached hydrogen (secondary N) is 1. The Morgan fingerprint density at radius 1 is 1.42 bits per heavy atom. The number of rotatable bonds is 7. The summed E-state index contributed by atoms with van der Waals surface area (Å²) in [6.45, 7) is -0.422. The van der Waals surface area contributed by atoms with Crippen molar-refractivity contribution in [1.82, 2.24) is 10.3 Å². The van der Waals surface area contributed by atoms with Crippen molar-refractivity contribution in [2.75, 3.05) is 19.7 Å². The number of amides is 1. The fourth-order valence-corrected chi connectivity index (χ4v) is 1.77. The molecule has 1 rings (SSSR count). The van der Waals surface area contributed by atoms with Gasteiger partial charge in [0.2, 0.25) is 0 Å². The molecule has 0 radical (unpaired) electrons. The van der Waals surface area contributed by atoms with Crippen LogP contribution >= 0.6 is 0 Å². The van der Waals surface area contributed by atoms with Gasteiger partial charge in [-0.3, -0.25) is 15.1 Å². The second-order valence-electron chi connectivity index (χ2n) is 3.98. The maximum Gasteiger partial charge on any atom is 0.265 e. The molecule has 0 aliphatic rings. The highest BCUT2D eigenvalue weighted by Gasteiger charge is 2.16. The van der Waals surface area contributed by atoms with Gasteiger partial charge in [0.05, 0.1) is 13.2 Å². The molecular formula is C12H17F2N3O2. The molecule has 0 saturated heterocycles. The van der Waals surface area contributed by atoms with Crippen molar-refractivity contribution in [2.24, 2.45) is 5.84 Å². The fraction of sp³-hybridized carbons (Fsp3) is 0.417. The zero-order valence-electron chi connectivity index (χ0n) is 10.4. The predicted octanol–water partition coefficient (Wildman–Crippen LogP) is 0.349. The normalized spacial score (nSPS) is 11.1. The van der Waals surface area contributed by atoms with Crippen LogP contribution in [0.15, 0.2) is 24.3 Å². The summed E-state index contributed by atoms with van der Waals surface area (Å²) in [4.78, 5) is 12.9. The minimum atomic E-state index is -2.50. The van der Waals surface area contributed by atoms with Crippen molar-refractivity contribution in [2.45, 2.75) is 13.0 Å². The number of nitrogens with two attached hydrogens (primary N) is 1. The lowest BCUT2D eigenvalue weighted by atomic mass is 10.1.